The molecular formula is C23H32N4O4S. The lowest BCUT2D eigenvalue weighted by Gasteiger charge is -2.28. The molecule has 0 bridgehead atoms. The number of unbranched alkanes of at least 4 members (excludes halogenated alkanes) is 1. The number of carbonyl (C=O) groups excluding carboxylic acids is 1. The third kappa shape index (κ3) is 5.20. The van der Waals surface area contributed by atoms with Crippen molar-refractivity contribution in [1.82, 2.24) is 14.8 Å². The molecule has 3 rings (SSSR count). The van der Waals surface area contributed by atoms with Crippen molar-refractivity contribution in [3.63, 3.8) is 0 Å². The molecule has 1 unspecified atom stereocenters. The molecule has 0 fully saturated rings. The van der Waals surface area contributed by atoms with Crippen LogP contribution in [0.25, 0.3) is 0 Å². The molecule has 2 heterocycles. The maximum absolute atomic E-state index is 12.9. The van der Waals surface area contributed by atoms with E-state index in [0.717, 1.165) is 30.6 Å². The molecule has 1 N–H and O–H groups in total. The second-order valence-corrected chi connectivity index (χ2v) is 8.47. The molecule has 1 aromatic carbocycles. The summed E-state index contributed by atoms with van der Waals surface area (Å²) < 4.78 is 18.5. The molecular weight excluding hydrogens is 428 g/mol. The summed E-state index contributed by atoms with van der Waals surface area (Å²) in [6.45, 7) is 8.75. The highest BCUT2D eigenvalue weighted by atomic mass is 32.2. The van der Waals surface area contributed by atoms with E-state index in [9.17, 15) is 4.79 Å². The van der Waals surface area contributed by atoms with E-state index in [1.54, 1.807) is 30.5 Å². The Morgan fingerprint density at radius 1 is 1.22 bits per heavy atom. The molecule has 1 aliphatic heterocycles. The van der Waals surface area contributed by atoms with E-state index in [2.05, 4.69) is 24.1 Å². The van der Waals surface area contributed by atoms with E-state index in [1.807, 2.05) is 25.1 Å². The number of nitrogens with one attached hydrogen (secondary N) is 1. The molecule has 0 spiro atoms. The fraction of sp³-hybridized carbons (Fsp3) is 0.522. The minimum Gasteiger partial charge on any atom is -0.493 e. The number of hydrogen-bond donors (Lipinski definition) is 1. The Morgan fingerprint density at radius 2 is 2.03 bits per heavy atom. The summed E-state index contributed by atoms with van der Waals surface area (Å²) in [5, 5.41) is 8.63. The molecule has 1 atom stereocenters. The van der Waals surface area contributed by atoms with Gasteiger partial charge in [0, 0.05) is 11.4 Å². The number of esters is 1. The maximum Gasteiger partial charge on any atom is 0.338 e. The number of fused-ring (bicyclic) bond motifs is 1. The van der Waals surface area contributed by atoms with Crippen LogP contribution >= 0.6 is 11.8 Å². The number of benzene rings is 1. The van der Waals surface area contributed by atoms with E-state index < -0.39 is 6.04 Å². The van der Waals surface area contributed by atoms with Crippen molar-refractivity contribution in [3.8, 4) is 11.5 Å². The van der Waals surface area contributed by atoms with Crippen molar-refractivity contribution in [3.05, 3.63) is 35.0 Å². The highest BCUT2D eigenvalue weighted by Crippen LogP contribution is 2.39. The topological polar surface area (TPSA) is 87.5 Å². The van der Waals surface area contributed by atoms with Gasteiger partial charge in [-0.1, -0.05) is 38.1 Å². The van der Waals surface area contributed by atoms with Gasteiger partial charge in [-0.15, -0.1) is 5.10 Å². The Kier molecular flexibility index (Phi) is 8.44. The number of allylic oxidation sites excluding steroid dienone is 1. The van der Waals surface area contributed by atoms with Crippen LogP contribution in [0.4, 0.5) is 5.95 Å². The number of nitrogens with zero attached hydrogens (tertiary/aromatic N) is 3. The Bertz CT molecular complexity index is 973. The standard InChI is InChI=1S/C23H32N4O4S/c1-6-9-13-32-23-25-22-24-15(4)19(21(28)30-8-3)20(27(22)26-23)16-10-11-17(31-12-7-2)18(14-16)29-5/h10-11,14,20H,6-9,12-13H2,1-5H3,(H,24,25,26). The number of rotatable bonds is 11. The lowest BCUT2D eigenvalue weighted by Crippen LogP contribution is -2.29. The van der Waals surface area contributed by atoms with Gasteiger partial charge in [-0.3, -0.25) is 0 Å². The zero-order valence-electron chi connectivity index (χ0n) is 19.4. The van der Waals surface area contributed by atoms with Crippen molar-refractivity contribution in [2.24, 2.45) is 0 Å². The van der Waals surface area contributed by atoms with Gasteiger partial charge in [0.2, 0.25) is 11.1 Å². The number of hydrogen-bond acceptors (Lipinski definition) is 8. The lowest BCUT2D eigenvalue weighted by molar-refractivity contribution is -0.139. The molecule has 0 aliphatic carbocycles. The van der Waals surface area contributed by atoms with Gasteiger partial charge in [0.15, 0.2) is 11.5 Å². The number of thioether (sulfide) groups is 1. The van der Waals surface area contributed by atoms with Crippen LogP contribution < -0.4 is 14.8 Å². The van der Waals surface area contributed by atoms with E-state index >= 15 is 0 Å². The molecule has 2 aromatic rings. The smallest absolute Gasteiger partial charge is 0.338 e. The van der Waals surface area contributed by atoms with Crippen molar-refractivity contribution in [1.29, 1.82) is 0 Å². The van der Waals surface area contributed by atoms with Gasteiger partial charge in [-0.25, -0.2) is 9.48 Å². The minimum atomic E-state index is -0.493. The Morgan fingerprint density at radius 3 is 2.72 bits per heavy atom. The van der Waals surface area contributed by atoms with Crippen molar-refractivity contribution < 1.29 is 19.0 Å². The van der Waals surface area contributed by atoms with Gasteiger partial charge in [-0.2, -0.15) is 4.98 Å². The first-order valence-corrected chi connectivity index (χ1v) is 12.1. The first-order valence-electron chi connectivity index (χ1n) is 11.1. The molecule has 1 aromatic heterocycles. The number of ether oxygens (including phenoxy) is 3. The van der Waals surface area contributed by atoms with E-state index in [-0.39, 0.29) is 12.6 Å². The van der Waals surface area contributed by atoms with E-state index in [1.165, 1.54) is 0 Å². The van der Waals surface area contributed by atoms with Crippen LogP contribution in [0.5, 0.6) is 11.5 Å². The highest BCUT2D eigenvalue weighted by molar-refractivity contribution is 7.99. The average molecular weight is 461 g/mol. The second-order valence-electron chi connectivity index (χ2n) is 7.41. The van der Waals surface area contributed by atoms with Crippen LogP contribution in [-0.2, 0) is 9.53 Å². The van der Waals surface area contributed by atoms with Crippen LogP contribution in [0.3, 0.4) is 0 Å². The number of aromatic nitrogens is 3. The second kappa shape index (κ2) is 11.3. The average Bonchev–Trinajstić information content (AvgIpc) is 3.19. The monoisotopic (exact) mass is 460 g/mol. The first kappa shape index (κ1) is 24.0. The van der Waals surface area contributed by atoms with Crippen LogP contribution in [0.1, 0.15) is 58.6 Å². The molecule has 32 heavy (non-hydrogen) atoms. The zero-order valence-corrected chi connectivity index (χ0v) is 20.3. The first-order chi connectivity index (χ1) is 15.5. The molecule has 0 saturated heterocycles. The van der Waals surface area contributed by atoms with Gasteiger partial charge >= 0.3 is 5.97 Å². The van der Waals surface area contributed by atoms with Crippen molar-refractivity contribution in [2.45, 2.75) is 58.2 Å². The molecule has 0 saturated carbocycles. The maximum atomic E-state index is 12.9. The summed E-state index contributed by atoms with van der Waals surface area (Å²) in [6.07, 6.45) is 3.10. The fourth-order valence-electron chi connectivity index (χ4n) is 3.47. The Balaban J connectivity index is 2.05. The Labute approximate surface area is 193 Å². The van der Waals surface area contributed by atoms with E-state index in [0.29, 0.717) is 40.5 Å². The largest absolute Gasteiger partial charge is 0.493 e. The number of anilines is 1. The predicted molar refractivity (Wildman–Crippen MR) is 126 cm³/mol. The summed E-state index contributed by atoms with van der Waals surface area (Å²) >= 11 is 1.61. The molecule has 174 valence electrons. The van der Waals surface area contributed by atoms with Crippen LogP contribution in [0.15, 0.2) is 34.6 Å². The van der Waals surface area contributed by atoms with Gasteiger partial charge < -0.3 is 19.5 Å². The highest BCUT2D eigenvalue weighted by Gasteiger charge is 2.35. The predicted octanol–water partition coefficient (Wildman–Crippen LogP) is 4.82. The quantitative estimate of drug-likeness (QED) is 0.290. The summed E-state index contributed by atoms with van der Waals surface area (Å²) in [7, 11) is 1.61. The van der Waals surface area contributed by atoms with Gasteiger partial charge in [0.25, 0.3) is 0 Å². The van der Waals surface area contributed by atoms with Crippen LogP contribution in [-0.4, -0.2) is 46.8 Å². The SMILES string of the molecule is CCCCSc1nc2n(n1)C(c1ccc(OCCC)c(OC)c1)C(C(=O)OCC)=C(C)N2. The third-order valence-corrected chi connectivity index (χ3v) is 5.95. The van der Waals surface area contributed by atoms with Gasteiger partial charge in [0.05, 0.1) is 25.9 Å². The normalized spacial score (nSPS) is 15.2. The van der Waals surface area contributed by atoms with Gasteiger partial charge in [0.1, 0.15) is 6.04 Å². The molecule has 0 amide bonds. The molecule has 8 nitrogen and oxygen atoms in total. The molecule has 0 radical (unpaired) electrons. The van der Waals surface area contributed by atoms with Crippen molar-refractivity contribution >= 4 is 23.7 Å². The number of carbonyl (C=O) groups is 1. The molecule has 1 aliphatic rings. The molecule has 9 heteroatoms. The summed E-state index contributed by atoms with van der Waals surface area (Å²) in [6, 6.07) is 5.21. The van der Waals surface area contributed by atoms with E-state index in [4.69, 9.17) is 19.3 Å². The number of methoxy groups -OCH3 is 1. The zero-order chi connectivity index (χ0) is 23.1. The van der Waals surface area contributed by atoms with Gasteiger partial charge in [-0.05, 0) is 44.4 Å². The fourth-order valence-corrected chi connectivity index (χ4v) is 4.38. The van der Waals surface area contributed by atoms with Crippen LogP contribution in [0.2, 0.25) is 0 Å². The minimum absolute atomic E-state index is 0.289. The summed E-state index contributed by atoms with van der Waals surface area (Å²) in [5.41, 5.74) is 2.04. The van der Waals surface area contributed by atoms with Crippen LogP contribution in [0, 0.1) is 0 Å². The Hall–Kier alpha value is -2.68. The lowest BCUT2D eigenvalue weighted by atomic mass is 9.95. The third-order valence-electron chi connectivity index (χ3n) is 5.02. The summed E-state index contributed by atoms with van der Waals surface area (Å²) in [4.78, 5) is 17.6. The van der Waals surface area contributed by atoms with Crippen molar-refractivity contribution in [2.75, 3.05) is 31.4 Å². The summed E-state index contributed by atoms with van der Waals surface area (Å²) in [5.74, 6) is 2.44.